The molecule has 0 N–H and O–H groups in total. The van der Waals surface area contributed by atoms with Crippen molar-refractivity contribution >= 4 is 22.6 Å². The zero-order chi connectivity index (χ0) is 15.6. The quantitative estimate of drug-likeness (QED) is 0.129. The molecule has 0 aromatic rings. The average molecular weight is 408 g/mol. The molecule has 21 heavy (non-hydrogen) atoms. The monoisotopic (exact) mass is 408 g/mol. The van der Waals surface area contributed by atoms with Crippen LogP contribution in [0.15, 0.2) is 0 Å². The van der Waals surface area contributed by atoms with E-state index in [-0.39, 0.29) is 0 Å². The minimum Gasteiger partial charge on any atom is -0.0864 e. The molecule has 128 valence electrons. The minimum absolute atomic E-state index is 0.958. The summed E-state index contributed by atoms with van der Waals surface area (Å²) in [5.74, 6) is 0.958. The SMILES string of the molecule is CCCCCCCCCCCCCCCC[C@H](C)CCI. The van der Waals surface area contributed by atoms with Crippen molar-refractivity contribution in [2.24, 2.45) is 5.92 Å². The van der Waals surface area contributed by atoms with Crippen LogP contribution in [-0.4, -0.2) is 4.43 Å². The lowest BCUT2D eigenvalue weighted by molar-refractivity contribution is 0.472. The van der Waals surface area contributed by atoms with Gasteiger partial charge in [0.2, 0.25) is 0 Å². The van der Waals surface area contributed by atoms with Gasteiger partial charge in [-0.25, -0.2) is 0 Å². The molecule has 1 heteroatoms. The summed E-state index contributed by atoms with van der Waals surface area (Å²) in [6, 6.07) is 0. The lowest BCUT2D eigenvalue weighted by Gasteiger charge is -2.08. The van der Waals surface area contributed by atoms with Gasteiger partial charge in [0.05, 0.1) is 0 Å². The number of alkyl halides is 1. The molecule has 1 atom stereocenters. The van der Waals surface area contributed by atoms with Crippen LogP contribution >= 0.6 is 22.6 Å². The standard InChI is InChI=1S/C20H41I/c1-3-4-5-6-7-8-9-10-11-12-13-14-15-16-17-20(2)18-19-21/h20H,3-19H2,1-2H3/t20-/m0/s1. The van der Waals surface area contributed by atoms with Crippen LogP contribution in [0.2, 0.25) is 0 Å². The number of halogens is 1. The van der Waals surface area contributed by atoms with Gasteiger partial charge in [0.15, 0.2) is 0 Å². The molecule has 0 saturated heterocycles. The summed E-state index contributed by atoms with van der Waals surface area (Å²) in [6.45, 7) is 4.71. The number of unbranched alkanes of at least 4 members (excludes halogenated alkanes) is 13. The van der Waals surface area contributed by atoms with E-state index in [0.717, 1.165) is 5.92 Å². The zero-order valence-corrected chi connectivity index (χ0v) is 17.1. The van der Waals surface area contributed by atoms with Crippen LogP contribution in [0.3, 0.4) is 0 Å². The first-order valence-electron chi connectivity index (χ1n) is 9.87. The Kier molecular flexibility index (Phi) is 19.4. The van der Waals surface area contributed by atoms with Gasteiger partial charge in [-0.1, -0.05) is 133 Å². The van der Waals surface area contributed by atoms with E-state index in [2.05, 4.69) is 36.4 Å². The van der Waals surface area contributed by atoms with E-state index in [1.54, 1.807) is 0 Å². The molecule has 0 nitrogen and oxygen atoms in total. The molecule has 0 heterocycles. The summed E-state index contributed by atoms with van der Waals surface area (Å²) in [5.41, 5.74) is 0. The van der Waals surface area contributed by atoms with Crippen LogP contribution in [0.25, 0.3) is 0 Å². The molecule has 0 radical (unpaired) electrons. The van der Waals surface area contributed by atoms with Gasteiger partial charge >= 0.3 is 0 Å². The summed E-state index contributed by atoms with van der Waals surface area (Å²) in [7, 11) is 0. The Balaban J connectivity index is 2.99. The summed E-state index contributed by atoms with van der Waals surface area (Å²) in [5, 5.41) is 0. The van der Waals surface area contributed by atoms with E-state index in [9.17, 15) is 0 Å². The summed E-state index contributed by atoms with van der Waals surface area (Å²) in [4.78, 5) is 0. The van der Waals surface area contributed by atoms with Gasteiger partial charge in [0, 0.05) is 0 Å². The first-order chi connectivity index (χ1) is 10.3. The topological polar surface area (TPSA) is 0 Å². The van der Waals surface area contributed by atoms with Crippen LogP contribution < -0.4 is 0 Å². The van der Waals surface area contributed by atoms with E-state index in [1.807, 2.05) is 0 Å². The van der Waals surface area contributed by atoms with Crippen molar-refractivity contribution in [3.05, 3.63) is 0 Å². The Morgan fingerprint density at radius 3 is 1.33 bits per heavy atom. The predicted octanol–water partition coefficient (Wildman–Crippen LogP) is 8.32. The van der Waals surface area contributed by atoms with Crippen LogP contribution in [0.5, 0.6) is 0 Å². The van der Waals surface area contributed by atoms with Crippen LogP contribution in [-0.2, 0) is 0 Å². The molecule has 0 aliphatic rings. The van der Waals surface area contributed by atoms with Gasteiger partial charge in [-0.3, -0.25) is 0 Å². The third-order valence-corrected chi connectivity index (χ3v) is 5.28. The highest BCUT2D eigenvalue weighted by atomic mass is 127. The van der Waals surface area contributed by atoms with Gasteiger partial charge in [0.25, 0.3) is 0 Å². The van der Waals surface area contributed by atoms with E-state index in [1.165, 1.54) is 107 Å². The summed E-state index contributed by atoms with van der Waals surface area (Å²) >= 11 is 2.50. The van der Waals surface area contributed by atoms with Crippen LogP contribution in [0, 0.1) is 5.92 Å². The number of hydrogen-bond donors (Lipinski definition) is 0. The molecule has 0 amide bonds. The first-order valence-corrected chi connectivity index (χ1v) is 11.4. The first kappa shape index (κ1) is 21.7. The Labute approximate surface area is 149 Å². The molecule has 0 aliphatic carbocycles. The molecule has 0 unspecified atom stereocenters. The normalized spacial score (nSPS) is 12.7. The van der Waals surface area contributed by atoms with Crippen LogP contribution in [0.1, 0.15) is 117 Å². The highest BCUT2D eigenvalue weighted by Gasteiger charge is 2.00. The van der Waals surface area contributed by atoms with Gasteiger partial charge in [-0.15, -0.1) is 0 Å². The fourth-order valence-electron chi connectivity index (χ4n) is 3.02. The summed E-state index contributed by atoms with van der Waals surface area (Å²) < 4.78 is 1.33. The second kappa shape index (κ2) is 18.8. The molecular weight excluding hydrogens is 367 g/mol. The number of hydrogen-bond acceptors (Lipinski definition) is 0. The van der Waals surface area contributed by atoms with Gasteiger partial charge in [0.1, 0.15) is 0 Å². The Morgan fingerprint density at radius 2 is 0.952 bits per heavy atom. The largest absolute Gasteiger partial charge is 0.0864 e. The Bertz CT molecular complexity index is 179. The molecule has 0 aliphatic heterocycles. The second-order valence-corrected chi connectivity index (χ2v) is 8.05. The van der Waals surface area contributed by atoms with Crippen LogP contribution in [0.4, 0.5) is 0 Å². The molecule has 0 rings (SSSR count). The van der Waals surface area contributed by atoms with Crippen molar-refractivity contribution in [1.82, 2.24) is 0 Å². The van der Waals surface area contributed by atoms with Crippen molar-refractivity contribution in [3.63, 3.8) is 0 Å². The van der Waals surface area contributed by atoms with Crippen molar-refractivity contribution in [3.8, 4) is 0 Å². The predicted molar refractivity (Wildman–Crippen MR) is 108 cm³/mol. The molecule has 0 bridgehead atoms. The average Bonchev–Trinajstić information content (AvgIpc) is 2.48. The van der Waals surface area contributed by atoms with Crippen molar-refractivity contribution in [1.29, 1.82) is 0 Å². The molecule has 0 saturated carbocycles. The van der Waals surface area contributed by atoms with E-state index >= 15 is 0 Å². The molecule has 0 aromatic carbocycles. The van der Waals surface area contributed by atoms with E-state index < -0.39 is 0 Å². The van der Waals surface area contributed by atoms with Gasteiger partial charge in [-0.05, 0) is 16.8 Å². The third-order valence-electron chi connectivity index (χ3n) is 4.65. The second-order valence-electron chi connectivity index (χ2n) is 6.97. The zero-order valence-electron chi connectivity index (χ0n) is 15.0. The maximum Gasteiger partial charge on any atom is -0.000219 e. The van der Waals surface area contributed by atoms with Gasteiger partial charge < -0.3 is 0 Å². The fraction of sp³-hybridized carbons (Fsp3) is 1.00. The maximum absolute atomic E-state index is 2.50. The van der Waals surface area contributed by atoms with E-state index in [0.29, 0.717) is 0 Å². The maximum atomic E-state index is 2.50. The molecule has 0 fully saturated rings. The third kappa shape index (κ3) is 18.7. The fourth-order valence-corrected chi connectivity index (χ4v) is 4.08. The van der Waals surface area contributed by atoms with E-state index in [4.69, 9.17) is 0 Å². The van der Waals surface area contributed by atoms with Gasteiger partial charge in [-0.2, -0.15) is 0 Å². The highest BCUT2D eigenvalue weighted by molar-refractivity contribution is 14.1. The molecule has 0 aromatic heterocycles. The highest BCUT2D eigenvalue weighted by Crippen LogP contribution is 2.16. The number of rotatable bonds is 17. The Hall–Kier alpha value is 0.730. The van der Waals surface area contributed by atoms with Crippen molar-refractivity contribution < 1.29 is 0 Å². The molecular formula is C20H41I. The smallest absolute Gasteiger partial charge is 0.000219 e. The minimum atomic E-state index is 0.958. The molecule has 0 spiro atoms. The van der Waals surface area contributed by atoms with Crippen molar-refractivity contribution in [2.75, 3.05) is 4.43 Å². The Morgan fingerprint density at radius 1 is 0.571 bits per heavy atom. The summed E-state index contributed by atoms with van der Waals surface area (Å²) in [6.07, 6.45) is 23.4. The lowest BCUT2D eigenvalue weighted by atomic mass is 9.99. The van der Waals surface area contributed by atoms with Crippen molar-refractivity contribution in [2.45, 2.75) is 117 Å². The lowest BCUT2D eigenvalue weighted by Crippen LogP contribution is -1.95.